The summed E-state index contributed by atoms with van der Waals surface area (Å²) in [6.07, 6.45) is 4.86. The van der Waals surface area contributed by atoms with Gasteiger partial charge < -0.3 is 10.6 Å². The van der Waals surface area contributed by atoms with Gasteiger partial charge in [-0.05, 0) is 19.3 Å². The van der Waals surface area contributed by atoms with Crippen molar-refractivity contribution in [1.82, 2.24) is 10.6 Å². The van der Waals surface area contributed by atoms with E-state index in [1.54, 1.807) is 0 Å². The van der Waals surface area contributed by atoms with Crippen LogP contribution < -0.4 is 10.6 Å². The van der Waals surface area contributed by atoms with Crippen molar-refractivity contribution in [2.24, 2.45) is 10.9 Å². The zero-order valence-corrected chi connectivity index (χ0v) is 14.2. The summed E-state index contributed by atoms with van der Waals surface area (Å²) in [7, 11) is 0. The molecule has 0 unspecified atom stereocenters. The van der Waals surface area contributed by atoms with E-state index < -0.39 is 0 Å². The zero-order chi connectivity index (χ0) is 12.2. The third kappa shape index (κ3) is 10.9. The summed E-state index contributed by atoms with van der Waals surface area (Å²) in [5, 5.41) is 6.65. The Bertz CT molecular complexity index is 180. The number of hydrogen-bond acceptors (Lipinski definition) is 1. The largest absolute Gasteiger partial charge is 0.357 e. The van der Waals surface area contributed by atoms with Crippen LogP contribution >= 0.6 is 24.0 Å². The molecule has 0 aliphatic rings. The van der Waals surface area contributed by atoms with Crippen molar-refractivity contribution in [3.63, 3.8) is 0 Å². The zero-order valence-electron chi connectivity index (χ0n) is 11.9. The molecule has 0 fully saturated rings. The Morgan fingerprint density at radius 3 is 2.18 bits per heavy atom. The van der Waals surface area contributed by atoms with E-state index in [4.69, 9.17) is 0 Å². The van der Waals surface area contributed by atoms with E-state index in [2.05, 4.69) is 43.3 Å². The van der Waals surface area contributed by atoms with E-state index >= 15 is 0 Å². The second-order valence-corrected chi connectivity index (χ2v) is 4.18. The van der Waals surface area contributed by atoms with Crippen LogP contribution in [0.4, 0.5) is 0 Å². The normalized spacial score (nSPS) is 11.2. The van der Waals surface area contributed by atoms with Crippen molar-refractivity contribution in [3.05, 3.63) is 0 Å². The highest BCUT2D eigenvalue weighted by Crippen LogP contribution is 2.06. The maximum Gasteiger partial charge on any atom is 0.191 e. The predicted octanol–water partition coefficient (Wildman–Crippen LogP) is 3.40. The topological polar surface area (TPSA) is 36.4 Å². The van der Waals surface area contributed by atoms with Crippen LogP contribution in [-0.2, 0) is 0 Å². The van der Waals surface area contributed by atoms with Gasteiger partial charge in [-0.3, -0.25) is 4.99 Å². The van der Waals surface area contributed by atoms with E-state index in [0.29, 0.717) is 0 Å². The number of nitrogens with zero attached hydrogens (tertiary/aromatic N) is 1. The van der Waals surface area contributed by atoms with Gasteiger partial charge in [-0.15, -0.1) is 24.0 Å². The smallest absolute Gasteiger partial charge is 0.191 e. The molecule has 0 aromatic rings. The molecule has 17 heavy (non-hydrogen) atoms. The van der Waals surface area contributed by atoms with Crippen LogP contribution in [0.25, 0.3) is 0 Å². The van der Waals surface area contributed by atoms with E-state index in [9.17, 15) is 0 Å². The minimum Gasteiger partial charge on any atom is -0.357 e. The molecule has 0 aromatic carbocycles. The van der Waals surface area contributed by atoms with Crippen LogP contribution in [0, 0.1) is 5.92 Å². The number of aliphatic imine (C=N–C) groups is 1. The van der Waals surface area contributed by atoms with Gasteiger partial charge in [0.2, 0.25) is 0 Å². The lowest BCUT2D eigenvalue weighted by Crippen LogP contribution is -2.38. The quantitative estimate of drug-likeness (QED) is 0.303. The first-order chi connectivity index (χ1) is 7.78. The van der Waals surface area contributed by atoms with Crippen molar-refractivity contribution >= 4 is 29.9 Å². The third-order valence-corrected chi connectivity index (χ3v) is 2.83. The Morgan fingerprint density at radius 2 is 1.71 bits per heavy atom. The van der Waals surface area contributed by atoms with Gasteiger partial charge in [0.05, 0.1) is 0 Å². The van der Waals surface area contributed by atoms with Gasteiger partial charge >= 0.3 is 0 Å². The molecule has 0 rings (SSSR count). The first-order valence-electron chi connectivity index (χ1n) is 6.80. The van der Waals surface area contributed by atoms with Gasteiger partial charge in [-0.2, -0.15) is 0 Å². The Balaban J connectivity index is 0. The monoisotopic (exact) mass is 355 g/mol. The number of unbranched alkanes of at least 4 members (excludes halogenated alkanes) is 1. The molecule has 0 saturated heterocycles. The van der Waals surface area contributed by atoms with Crippen LogP contribution in [0.3, 0.4) is 0 Å². The van der Waals surface area contributed by atoms with Crippen molar-refractivity contribution in [3.8, 4) is 0 Å². The highest BCUT2D eigenvalue weighted by Gasteiger charge is 2.02. The fourth-order valence-electron chi connectivity index (χ4n) is 1.49. The van der Waals surface area contributed by atoms with Gasteiger partial charge in [0.1, 0.15) is 0 Å². The molecule has 0 spiro atoms. The number of nitrogens with one attached hydrogen (secondary N) is 2. The molecule has 104 valence electrons. The predicted molar refractivity (Wildman–Crippen MR) is 88.4 cm³/mol. The molecule has 0 radical (unpaired) electrons. The highest BCUT2D eigenvalue weighted by molar-refractivity contribution is 14.0. The molecule has 0 saturated carbocycles. The molecule has 0 aromatic heterocycles. The highest BCUT2D eigenvalue weighted by atomic mass is 127. The first-order valence-corrected chi connectivity index (χ1v) is 6.80. The second-order valence-electron chi connectivity index (χ2n) is 4.18. The minimum atomic E-state index is 0. The van der Waals surface area contributed by atoms with Crippen molar-refractivity contribution in [1.29, 1.82) is 0 Å². The summed E-state index contributed by atoms with van der Waals surface area (Å²) < 4.78 is 0. The molecule has 2 N–H and O–H groups in total. The molecule has 4 heteroatoms. The van der Waals surface area contributed by atoms with Crippen LogP contribution in [0.15, 0.2) is 4.99 Å². The van der Waals surface area contributed by atoms with E-state index in [1.807, 2.05) is 0 Å². The second kappa shape index (κ2) is 14.1. The minimum absolute atomic E-state index is 0. The fourth-order valence-corrected chi connectivity index (χ4v) is 1.49. The summed E-state index contributed by atoms with van der Waals surface area (Å²) in [5.74, 6) is 1.70. The van der Waals surface area contributed by atoms with Crippen LogP contribution in [0.5, 0.6) is 0 Å². The van der Waals surface area contributed by atoms with E-state index in [1.165, 1.54) is 25.7 Å². The van der Waals surface area contributed by atoms with Gasteiger partial charge in [-0.25, -0.2) is 0 Å². The Labute approximate surface area is 124 Å². The molecule has 0 bridgehead atoms. The van der Waals surface area contributed by atoms with Crippen LogP contribution in [-0.4, -0.2) is 25.6 Å². The molecule has 0 atom stereocenters. The van der Waals surface area contributed by atoms with Gasteiger partial charge in [0.15, 0.2) is 5.96 Å². The molecule has 3 nitrogen and oxygen atoms in total. The first kappa shape index (κ1) is 19.3. The molecular weight excluding hydrogens is 325 g/mol. The Kier molecular flexibility index (Phi) is 16.0. The maximum atomic E-state index is 4.62. The van der Waals surface area contributed by atoms with E-state index in [-0.39, 0.29) is 24.0 Å². The third-order valence-electron chi connectivity index (χ3n) is 2.83. The lowest BCUT2D eigenvalue weighted by atomic mass is 10.0. The van der Waals surface area contributed by atoms with Gasteiger partial charge in [0, 0.05) is 19.6 Å². The van der Waals surface area contributed by atoms with Crippen LogP contribution in [0.2, 0.25) is 0 Å². The number of hydrogen-bond donors (Lipinski definition) is 2. The number of guanidine groups is 1. The van der Waals surface area contributed by atoms with Crippen molar-refractivity contribution in [2.45, 2.75) is 53.4 Å². The Morgan fingerprint density at radius 1 is 1.06 bits per heavy atom. The standard InChI is InChI=1S/C13H29N3.HI/c1-5-9-10-15-13(14-8-4)16-11-12(6-2)7-3;/h12H,5-11H2,1-4H3,(H2,14,15,16);1H. The molecule has 0 heterocycles. The summed E-state index contributed by atoms with van der Waals surface area (Å²) in [4.78, 5) is 4.62. The lowest BCUT2D eigenvalue weighted by molar-refractivity contribution is 0.504. The lowest BCUT2D eigenvalue weighted by Gasteiger charge is -2.13. The summed E-state index contributed by atoms with van der Waals surface area (Å²) in [6, 6.07) is 0. The SMILES string of the molecule is CCCCNC(=NCC(CC)CC)NCC.I. The average molecular weight is 355 g/mol. The maximum absolute atomic E-state index is 4.62. The summed E-state index contributed by atoms with van der Waals surface area (Å²) >= 11 is 0. The van der Waals surface area contributed by atoms with Gasteiger partial charge in [0.25, 0.3) is 0 Å². The fraction of sp³-hybridized carbons (Fsp3) is 0.923. The molecule has 0 aliphatic heterocycles. The molecule has 0 amide bonds. The summed E-state index contributed by atoms with van der Waals surface area (Å²) in [6.45, 7) is 11.7. The number of rotatable bonds is 8. The molecule has 0 aliphatic carbocycles. The summed E-state index contributed by atoms with van der Waals surface area (Å²) in [5.41, 5.74) is 0. The van der Waals surface area contributed by atoms with Crippen molar-refractivity contribution in [2.75, 3.05) is 19.6 Å². The number of halogens is 1. The molecular formula is C13H30IN3. The Hall–Kier alpha value is 0. The van der Waals surface area contributed by atoms with Gasteiger partial charge in [-0.1, -0.05) is 40.0 Å². The van der Waals surface area contributed by atoms with Crippen LogP contribution in [0.1, 0.15) is 53.4 Å². The average Bonchev–Trinajstić information content (AvgIpc) is 2.30. The van der Waals surface area contributed by atoms with Crippen molar-refractivity contribution < 1.29 is 0 Å². The van der Waals surface area contributed by atoms with E-state index in [0.717, 1.165) is 31.5 Å².